The van der Waals surface area contributed by atoms with Gasteiger partial charge in [0.05, 0.1) is 12.0 Å². The van der Waals surface area contributed by atoms with E-state index < -0.39 is 0 Å². The minimum Gasteiger partial charge on any atom is -0.348 e. The van der Waals surface area contributed by atoms with E-state index >= 15 is 0 Å². The molecule has 0 atom stereocenters. The zero-order valence-corrected chi connectivity index (χ0v) is 8.09. The summed E-state index contributed by atoms with van der Waals surface area (Å²) in [5.74, 6) is 0. The van der Waals surface area contributed by atoms with Crippen LogP contribution in [0.5, 0.6) is 0 Å². The molecule has 0 saturated carbocycles. The van der Waals surface area contributed by atoms with E-state index in [0.717, 1.165) is 19.4 Å². The number of aryl methyl sites for hydroxylation is 1. The summed E-state index contributed by atoms with van der Waals surface area (Å²) in [5, 5.41) is 0. The fraction of sp³-hybridized carbons (Fsp3) is 0.667. The van der Waals surface area contributed by atoms with Gasteiger partial charge in [0, 0.05) is 18.7 Å². The monoisotopic (exact) mass is 167 g/mol. The molecule has 0 aromatic carbocycles. The topological polar surface area (TPSA) is 31.9 Å². The normalized spacial score (nSPS) is 11.0. The summed E-state index contributed by atoms with van der Waals surface area (Å²) < 4.78 is 0. The van der Waals surface area contributed by atoms with Gasteiger partial charge in [0.1, 0.15) is 0 Å². The molecule has 1 rings (SSSR count). The number of likely N-dealkylation sites (N-methyl/N-ethyl adjacent to an activating group) is 1. The molecule has 68 valence electrons. The van der Waals surface area contributed by atoms with Gasteiger partial charge in [0.25, 0.3) is 0 Å². The predicted octanol–water partition coefficient (Wildman–Crippen LogP) is 1.08. The van der Waals surface area contributed by atoms with Crippen LogP contribution in [0.1, 0.15) is 18.3 Å². The second kappa shape index (κ2) is 4.26. The largest absolute Gasteiger partial charge is 0.348 e. The molecule has 0 aliphatic rings. The number of aromatic nitrogens is 2. The van der Waals surface area contributed by atoms with E-state index in [1.54, 1.807) is 6.33 Å². The Kier molecular flexibility index (Phi) is 3.29. The van der Waals surface area contributed by atoms with E-state index in [4.69, 9.17) is 0 Å². The summed E-state index contributed by atoms with van der Waals surface area (Å²) in [7, 11) is 4.17. The molecule has 3 nitrogen and oxygen atoms in total. The molecule has 1 aromatic heterocycles. The molecule has 0 amide bonds. The Morgan fingerprint density at radius 3 is 2.83 bits per heavy atom. The molecule has 0 spiro atoms. The Bertz CT molecular complexity index is 227. The Balaban J connectivity index is 2.50. The Morgan fingerprint density at radius 1 is 1.50 bits per heavy atom. The molecule has 0 aliphatic heterocycles. The minimum absolute atomic E-state index is 1.02. The molecule has 1 heterocycles. The molecule has 0 fully saturated rings. The third-order valence-corrected chi connectivity index (χ3v) is 1.95. The van der Waals surface area contributed by atoms with Gasteiger partial charge >= 0.3 is 0 Å². The molecule has 12 heavy (non-hydrogen) atoms. The molecule has 0 unspecified atom stereocenters. The van der Waals surface area contributed by atoms with Crippen molar-refractivity contribution in [2.45, 2.75) is 19.8 Å². The van der Waals surface area contributed by atoms with Crippen molar-refractivity contribution in [2.75, 3.05) is 20.6 Å². The third kappa shape index (κ3) is 2.34. The lowest BCUT2D eigenvalue weighted by Gasteiger charge is -2.08. The first-order chi connectivity index (χ1) is 5.74. The van der Waals surface area contributed by atoms with Crippen molar-refractivity contribution < 1.29 is 0 Å². The quantitative estimate of drug-likeness (QED) is 0.727. The standard InChI is InChI=1S/C9H17N3/c1-4-8-9(11-7-10-8)5-6-12(2)3/h7H,4-6H2,1-3H3,(H,10,11). The van der Waals surface area contributed by atoms with Crippen LogP contribution >= 0.6 is 0 Å². The number of rotatable bonds is 4. The zero-order chi connectivity index (χ0) is 8.97. The van der Waals surface area contributed by atoms with E-state index in [1.165, 1.54) is 11.4 Å². The fourth-order valence-electron chi connectivity index (χ4n) is 1.21. The van der Waals surface area contributed by atoms with Crippen molar-refractivity contribution in [2.24, 2.45) is 0 Å². The van der Waals surface area contributed by atoms with Crippen LogP contribution < -0.4 is 0 Å². The third-order valence-electron chi connectivity index (χ3n) is 1.95. The number of H-pyrrole nitrogens is 1. The van der Waals surface area contributed by atoms with Crippen LogP contribution in [0.3, 0.4) is 0 Å². The molecular formula is C9H17N3. The van der Waals surface area contributed by atoms with Gasteiger partial charge in [-0.3, -0.25) is 0 Å². The number of nitrogens with one attached hydrogen (secondary N) is 1. The maximum atomic E-state index is 4.24. The molecule has 3 heteroatoms. The van der Waals surface area contributed by atoms with Gasteiger partial charge in [0.2, 0.25) is 0 Å². The summed E-state index contributed by atoms with van der Waals surface area (Å²) >= 11 is 0. The number of nitrogens with zero attached hydrogens (tertiary/aromatic N) is 2. The lowest BCUT2D eigenvalue weighted by molar-refractivity contribution is 0.411. The van der Waals surface area contributed by atoms with Crippen molar-refractivity contribution >= 4 is 0 Å². The SMILES string of the molecule is CCc1nc[nH]c1CCN(C)C. The lowest BCUT2D eigenvalue weighted by atomic mass is 10.2. The van der Waals surface area contributed by atoms with Gasteiger partial charge in [-0.1, -0.05) is 6.92 Å². The van der Waals surface area contributed by atoms with Crippen molar-refractivity contribution in [3.8, 4) is 0 Å². The van der Waals surface area contributed by atoms with Crippen molar-refractivity contribution in [3.63, 3.8) is 0 Å². The van der Waals surface area contributed by atoms with E-state index in [1.807, 2.05) is 0 Å². The first-order valence-corrected chi connectivity index (χ1v) is 4.40. The highest BCUT2D eigenvalue weighted by Crippen LogP contribution is 2.04. The first kappa shape index (κ1) is 9.26. The molecule has 0 aliphatic carbocycles. The lowest BCUT2D eigenvalue weighted by Crippen LogP contribution is -2.15. The van der Waals surface area contributed by atoms with Gasteiger partial charge in [-0.05, 0) is 20.5 Å². The highest BCUT2D eigenvalue weighted by atomic mass is 15.1. The van der Waals surface area contributed by atoms with Crippen LogP contribution in [0.4, 0.5) is 0 Å². The molecule has 0 saturated heterocycles. The van der Waals surface area contributed by atoms with E-state index in [2.05, 4.69) is 35.9 Å². The highest BCUT2D eigenvalue weighted by molar-refractivity contribution is 5.10. The summed E-state index contributed by atoms with van der Waals surface area (Å²) in [6.45, 7) is 3.21. The molecule has 1 N–H and O–H groups in total. The van der Waals surface area contributed by atoms with Crippen molar-refractivity contribution in [1.29, 1.82) is 0 Å². The predicted molar refractivity (Wildman–Crippen MR) is 50.2 cm³/mol. The van der Waals surface area contributed by atoms with Gasteiger partial charge in [0.15, 0.2) is 0 Å². The number of aromatic amines is 1. The van der Waals surface area contributed by atoms with Crippen LogP contribution in [0.15, 0.2) is 6.33 Å². The Hall–Kier alpha value is -0.830. The summed E-state index contributed by atoms with van der Waals surface area (Å²) in [5.41, 5.74) is 2.49. The van der Waals surface area contributed by atoms with Crippen LogP contribution in [0.25, 0.3) is 0 Å². The van der Waals surface area contributed by atoms with E-state index in [9.17, 15) is 0 Å². The van der Waals surface area contributed by atoms with Crippen molar-refractivity contribution in [1.82, 2.24) is 14.9 Å². The van der Waals surface area contributed by atoms with Crippen LogP contribution in [-0.4, -0.2) is 35.5 Å². The number of hydrogen-bond donors (Lipinski definition) is 1. The summed E-state index contributed by atoms with van der Waals surface area (Å²) in [4.78, 5) is 9.59. The zero-order valence-electron chi connectivity index (χ0n) is 8.09. The summed E-state index contributed by atoms with van der Waals surface area (Å²) in [6, 6.07) is 0. The average Bonchev–Trinajstić information content (AvgIpc) is 2.47. The minimum atomic E-state index is 1.02. The average molecular weight is 167 g/mol. The number of hydrogen-bond acceptors (Lipinski definition) is 2. The second-order valence-electron chi connectivity index (χ2n) is 3.23. The molecule has 0 bridgehead atoms. The molecule has 1 aromatic rings. The van der Waals surface area contributed by atoms with Crippen molar-refractivity contribution in [3.05, 3.63) is 17.7 Å². The maximum absolute atomic E-state index is 4.24. The first-order valence-electron chi connectivity index (χ1n) is 4.40. The van der Waals surface area contributed by atoms with Gasteiger partial charge in [-0.25, -0.2) is 4.98 Å². The Morgan fingerprint density at radius 2 is 2.25 bits per heavy atom. The fourth-order valence-corrected chi connectivity index (χ4v) is 1.21. The maximum Gasteiger partial charge on any atom is 0.0925 e. The van der Waals surface area contributed by atoms with Crippen LogP contribution in [-0.2, 0) is 12.8 Å². The number of imidazole rings is 1. The Labute approximate surface area is 73.8 Å². The van der Waals surface area contributed by atoms with Crippen LogP contribution in [0.2, 0.25) is 0 Å². The second-order valence-corrected chi connectivity index (χ2v) is 3.23. The smallest absolute Gasteiger partial charge is 0.0925 e. The van der Waals surface area contributed by atoms with Crippen LogP contribution in [0, 0.1) is 0 Å². The van der Waals surface area contributed by atoms with E-state index in [0.29, 0.717) is 0 Å². The van der Waals surface area contributed by atoms with E-state index in [-0.39, 0.29) is 0 Å². The highest BCUT2D eigenvalue weighted by Gasteiger charge is 2.02. The molecular weight excluding hydrogens is 150 g/mol. The summed E-state index contributed by atoms with van der Waals surface area (Å²) in [6.07, 6.45) is 3.87. The van der Waals surface area contributed by atoms with Gasteiger partial charge < -0.3 is 9.88 Å². The van der Waals surface area contributed by atoms with Gasteiger partial charge in [-0.2, -0.15) is 0 Å². The van der Waals surface area contributed by atoms with Gasteiger partial charge in [-0.15, -0.1) is 0 Å². The molecule has 0 radical (unpaired) electrons.